The number of aliphatic hydroxyl groups is 1. The Morgan fingerprint density at radius 1 is 1.28 bits per heavy atom. The van der Waals surface area contributed by atoms with Crippen LogP contribution in [0.4, 0.5) is 13.2 Å². The average Bonchev–Trinajstić information content (AvgIpc) is 2.26. The molecule has 0 bridgehead atoms. The second-order valence-corrected chi connectivity index (χ2v) is 4.66. The van der Waals surface area contributed by atoms with E-state index in [2.05, 4.69) is 0 Å². The highest BCUT2D eigenvalue weighted by molar-refractivity contribution is 6.44. The molecule has 0 amide bonds. The predicted molar refractivity (Wildman–Crippen MR) is 63.1 cm³/mol. The summed E-state index contributed by atoms with van der Waals surface area (Å²) < 4.78 is 43.0. The van der Waals surface area contributed by atoms with Crippen LogP contribution in [0, 0.1) is 0 Å². The van der Waals surface area contributed by atoms with Gasteiger partial charge in [0.15, 0.2) is 0 Å². The highest BCUT2D eigenvalue weighted by Crippen LogP contribution is 2.35. The normalized spacial score (nSPS) is 13.8. The van der Waals surface area contributed by atoms with Gasteiger partial charge in [0.25, 0.3) is 0 Å². The molecule has 1 N–H and O–H groups in total. The molecule has 0 spiro atoms. The molecule has 2 nitrogen and oxygen atoms in total. The minimum absolute atomic E-state index is 0.00959. The van der Waals surface area contributed by atoms with Gasteiger partial charge in [-0.3, -0.25) is 0 Å². The molecule has 18 heavy (non-hydrogen) atoms. The van der Waals surface area contributed by atoms with Crippen LogP contribution in [-0.2, 0) is 6.18 Å². The van der Waals surface area contributed by atoms with Crippen LogP contribution in [0.1, 0.15) is 24.2 Å². The lowest BCUT2D eigenvalue weighted by atomic mass is 10.1. The van der Waals surface area contributed by atoms with E-state index >= 15 is 0 Å². The van der Waals surface area contributed by atoms with Crippen LogP contribution in [0.25, 0.3) is 0 Å². The van der Waals surface area contributed by atoms with E-state index in [4.69, 9.17) is 27.9 Å². The van der Waals surface area contributed by atoms with Gasteiger partial charge < -0.3 is 9.84 Å². The molecule has 1 rings (SSSR count). The lowest BCUT2D eigenvalue weighted by molar-refractivity contribution is -0.137. The Labute approximate surface area is 112 Å². The van der Waals surface area contributed by atoms with Crippen LogP contribution in [0.3, 0.4) is 0 Å². The Morgan fingerprint density at radius 2 is 1.89 bits per heavy atom. The fraction of sp³-hybridized carbons (Fsp3) is 0.455. The SMILES string of the molecule is CCOc1cc(C(O)C(Cl)Cl)cc(C(F)(F)F)c1. The summed E-state index contributed by atoms with van der Waals surface area (Å²) in [6.45, 7) is 1.85. The summed E-state index contributed by atoms with van der Waals surface area (Å²) in [5, 5.41) is 9.59. The van der Waals surface area contributed by atoms with Gasteiger partial charge in [0, 0.05) is 0 Å². The number of hydrogen-bond donors (Lipinski definition) is 1. The summed E-state index contributed by atoms with van der Waals surface area (Å²) in [5.41, 5.74) is -0.959. The third kappa shape index (κ3) is 3.93. The smallest absolute Gasteiger partial charge is 0.416 e. The van der Waals surface area contributed by atoms with Crippen molar-refractivity contribution in [3.05, 3.63) is 29.3 Å². The average molecular weight is 303 g/mol. The molecular formula is C11H11Cl2F3O2. The summed E-state index contributed by atoms with van der Waals surface area (Å²) in [6.07, 6.45) is -5.94. The standard InChI is InChI=1S/C11H11Cl2F3O2/c1-2-18-8-4-6(9(17)10(12)13)3-7(5-8)11(14,15)16/h3-5,9-10,17H,2H2,1H3. The number of hydrogen-bond acceptors (Lipinski definition) is 2. The minimum Gasteiger partial charge on any atom is -0.494 e. The van der Waals surface area contributed by atoms with E-state index < -0.39 is 22.7 Å². The fourth-order valence-electron chi connectivity index (χ4n) is 1.35. The van der Waals surface area contributed by atoms with Crippen molar-refractivity contribution in [3.63, 3.8) is 0 Å². The van der Waals surface area contributed by atoms with Crippen molar-refractivity contribution in [2.45, 2.75) is 24.0 Å². The first-order valence-corrected chi connectivity index (χ1v) is 5.94. The molecule has 0 aliphatic rings. The molecule has 0 saturated heterocycles. The van der Waals surface area contributed by atoms with E-state index in [1.54, 1.807) is 6.92 Å². The van der Waals surface area contributed by atoms with Crippen LogP contribution >= 0.6 is 23.2 Å². The predicted octanol–water partition coefficient (Wildman–Crippen LogP) is 3.94. The van der Waals surface area contributed by atoms with Crippen LogP contribution in [0.15, 0.2) is 18.2 Å². The summed E-state index contributed by atoms with van der Waals surface area (Å²) in [6, 6.07) is 2.93. The van der Waals surface area contributed by atoms with Crippen LogP contribution in [0.5, 0.6) is 5.75 Å². The number of alkyl halides is 5. The van der Waals surface area contributed by atoms with Crippen LogP contribution in [0.2, 0.25) is 0 Å². The molecule has 102 valence electrons. The third-order valence-corrected chi connectivity index (χ3v) is 2.62. The second-order valence-electron chi connectivity index (χ2n) is 3.50. The van der Waals surface area contributed by atoms with Gasteiger partial charge in [0.05, 0.1) is 12.2 Å². The first kappa shape index (κ1) is 15.4. The molecule has 1 unspecified atom stereocenters. The first-order valence-electron chi connectivity index (χ1n) is 5.07. The highest BCUT2D eigenvalue weighted by atomic mass is 35.5. The molecule has 0 aliphatic carbocycles. The third-order valence-electron chi connectivity index (χ3n) is 2.15. The molecule has 0 saturated carbocycles. The molecule has 0 radical (unpaired) electrons. The minimum atomic E-state index is -4.53. The number of rotatable bonds is 4. The highest BCUT2D eigenvalue weighted by Gasteiger charge is 2.32. The van der Waals surface area contributed by atoms with E-state index in [9.17, 15) is 18.3 Å². The van der Waals surface area contributed by atoms with Gasteiger partial charge in [0.2, 0.25) is 0 Å². The van der Waals surface area contributed by atoms with Gasteiger partial charge in [-0.05, 0) is 30.7 Å². The Balaban J connectivity index is 3.22. The Bertz CT molecular complexity index is 408. The van der Waals surface area contributed by atoms with E-state index in [0.717, 1.165) is 12.1 Å². The molecule has 0 aromatic heterocycles. The van der Waals surface area contributed by atoms with E-state index in [1.807, 2.05) is 0 Å². The molecule has 0 fully saturated rings. The maximum absolute atomic E-state index is 12.6. The topological polar surface area (TPSA) is 29.5 Å². The molecule has 0 aliphatic heterocycles. The zero-order valence-electron chi connectivity index (χ0n) is 9.34. The quantitative estimate of drug-likeness (QED) is 0.854. The van der Waals surface area contributed by atoms with Crippen molar-refractivity contribution in [2.24, 2.45) is 0 Å². The van der Waals surface area contributed by atoms with Gasteiger partial charge >= 0.3 is 6.18 Å². The summed E-state index contributed by atoms with van der Waals surface area (Å²) in [5.74, 6) is 0.00959. The van der Waals surface area contributed by atoms with Gasteiger partial charge in [-0.1, -0.05) is 0 Å². The summed E-state index contributed by atoms with van der Waals surface area (Å²) in [7, 11) is 0. The van der Waals surface area contributed by atoms with Crippen molar-refractivity contribution in [1.29, 1.82) is 0 Å². The maximum atomic E-state index is 12.6. The lowest BCUT2D eigenvalue weighted by Crippen LogP contribution is -2.11. The molecule has 1 atom stereocenters. The zero-order valence-corrected chi connectivity index (χ0v) is 10.9. The number of aliphatic hydroxyl groups excluding tert-OH is 1. The zero-order chi connectivity index (χ0) is 13.9. The largest absolute Gasteiger partial charge is 0.494 e. The Kier molecular flexibility index (Phi) is 5.13. The van der Waals surface area contributed by atoms with Crippen molar-refractivity contribution >= 4 is 23.2 Å². The number of ether oxygens (including phenoxy) is 1. The Hall–Kier alpha value is -0.650. The van der Waals surface area contributed by atoms with Crippen molar-refractivity contribution in [1.82, 2.24) is 0 Å². The molecular weight excluding hydrogens is 292 g/mol. The first-order chi connectivity index (χ1) is 8.25. The van der Waals surface area contributed by atoms with E-state index in [-0.39, 0.29) is 17.9 Å². The van der Waals surface area contributed by atoms with E-state index in [1.165, 1.54) is 6.07 Å². The summed E-state index contributed by atoms with van der Waals surface area (Å²) >= 11 is 10.9. The van der Waals surface area contributed by atoms with Crippen LogP contribution in [-0.4, -0.2) is 16.5 Å². The lowest BCUT2D eigenvalue weighted by Gasteiger charge is -2.16. The van der Waals surface area contributed by atoms with E-state index in [0.29, 0.717) is 0 Å². The number of halogens is 5. The molecule has 0 heterocycles. The van der Waals surface area contributed by atoms with Gasteiger partial charge in [-0.25, -0.2) is 0 Å². The van der Waals surface area contributed by atoms with Crippen molar-refractivity contribution < 1.29 is 23.0 Å². The molecule has 1 aromatic carbocycles. The monoisotopic (exact) mass is 302 g/mol. The molecule has 7 heteroatoms. The van der Waals surface area contributed by atoms with Crippen molar-refractivity contribution in [3.8, 4) is 5.75 Å². The van der Waals surface area contributed by atoms with Gasteiger partial charge in [-0.2, -0.15) is 13.2 Å². The molecule has 1 aromatic rings. The summed E-state index contributed by atoms with van der Waals surface area (Å²) in [4.78, 5) is -1.22. The Morgan fingerprint density at radius 3 is 2.33 bits per heavy atom. The second kappa shape index (κ2) is 5.99. The maximum Gasteiger partial charge on any atom is 0.416 e. The fourth-order valence-corrected chi connectivity index (χ4v) is 1.64. The van der Waals surface area contributed by atoms with Crippen LogP contribution < -0.4 is 4.74 Å². The van der Waals surface area contributed by atoms with Crippen molar-refractivity contribution in [2.75, 3.05) is 6.61 Å². The van der Waals surface area contributed by atoms with Gasteiger partial charge in [0.1, 0.15) is 16.7 Å². The number of benzene rings is 1. The van der Waals surface area contributed by atoms with Gasteiger partial charge in [-0.15, -0.1) is 23.2 Å².